The van der Waals surface area contributed by atoms with Gasteiger partial charge in [0.1, 0.15) is 0 Å². The van der Waals surface area contributed by atoms with Crippen LogP contribution in [0, 0.1) is 0 Å². The van der Waals surface area contributed by atoms with Gasteiger partial charge in [0.15, 0.2) is 0 Å². The first-order valence-electron chi connectivity index (χ1n) is 5.02. The van der Waals surface area contributed by atoms with Crippen LogP contribution in [0.15, 0.2) is 36.7 Å². The normalized spacial score (nSPS) is 10.7. The molecule has 0 aliphatic rings. The van der Waals surface area contributed by atoms with E-state index >= 15 is 0 Å². The Labute approximate surface area is 87.9 Å². The van der Waals surface area contributed by atoms with Crippen molar-refractivity contribution < 1.29 is 9.90 Å². The molecular weight excluding hydrogens is 190 g/mol. The molecule has 0 bridgehead atoms. The van der Waals surface area contributed by atoms with Gasteiger partial charge in [0.2, 0.25) is 0 Å². The number of hydrogen-bond acceptors (Lipinski definition) is 1. The predicted octanol–water partition coefficient (Wildman–Crippen LogP) is 2.51. The number of fused-ring (bicyclic) bond motifs is 1. The molecule has 3 nitrogen and oxygen atoms in total. The molecular formula is C12H13NO2. The Morgan fingerprint density at radius 3 is 2.33 bits per heavy atom. The van der Waals surface area contributed by atoms with Gasteiger partial charge in [0.25, 0.3) is 0 Å². The molecule has 0 saturated carbocycles. The molecule has 0 saturated heterocycles. The molecule has 0 fully saturated rings. The van der Waals surface area contributed by atoms with Crippen molar-refractivity contribution in [2.45, 2.75) is 19.4 Å². The topological polar surface area (TPSA) is 42.2 Å². The quantitative estimate of drug-likeness (QED) is 0.829. The van der Waals surface area contributed by atoms with Crippen LogP contribution in [0.3, 0.4) is 0 Å². The van der Waals surface area contributed by atoms with Gasteiger partial charge in [-0.2, -0.15) is 0 Å². The van der Waals surface area contributed by atoms with Crippen LogP contribution >= 0.6 is 0 Å². The fraction of sp³-hybridized carbons (Fsp3) is 0.250. The van der Waals surface area contributed by atoms with Crippen molar-refractivity contribution in [2.24, 2.45) is 0 Å². The summed E-state index contributed by atoms with van der Waals surface area (Å²) in [6.07, 6.45) is 5.01. The second kappa shape index (κ2) is 4.17. The molecule has 0 aliphatic heterocycles. The Hall–Kier alpha value is -1.77. The van der Waals surface area contributed by atoms with Crippen LogP contribution < -0.4 is 0 Å². The Bertz CT molecular complexity index is 440. The van der Waals surface area contributed by atoms with Gasteiger partial charge in [-0.15, -0.1) is 0 Å². The molecule has 15 heavy (non-hydrogen) atoms. The number of aryl methyl sites for hydroxylation is 1. The van der Waals surface area contributed by atoms with E-state index < -0.39 is 5.97 Å². The molecule has 3 heteroatoms. The van der Waals surface area contributed by atoms with Gasteiger partial charge in [-0.1, -0.05) is 24.3 Å². The maximum atomic E-state index is 10.4. The van der Waals surface area contributed by atoms with Crippen molar-refractivity contribution in [3.05, 3.63) is 36.7 Å². The lowest BCUT2D eigenvalue weighted by molar-refractivity contribution is -0.137. The van der Waals surface area contributed by atoms with Crippen LogP contribution in [0.25, 0.3) is 10.8 Å². The summed E-state index contributed by atoms with van der Waals surface area (Å²) in [6, 6.07) is 8.12. The van der Waals surface area contributed by atoms with Crippen LogP contribution in [-0.2, 0) is 11.3 Å². The molecule has 2 aromatic rings. The van der Waals surface area contributed by atoms with Crippen molar-refractivity contribution in [2.75, 3.05) is 0 Å². The molecule has 1 aromatic carbocycles. The summed E-state index contributed by atoms with van der Waals surface area (Å²) in [7, 11) is 0. The zero-order valence-corrected chi connectivity index (χ0v) is 8.39. The highest BCUT2D eigenvalue weighted by atomic mass is 16.4. The van der Waals surface area contributed by atoms with Crippen LogP contribution in [0.5, 0.6) is 0 Å². The number of carboxylic acid groups (broad SMARTS) is 1. The standard InChI is InChI=1S/C12H13NO2/c14-12(15)6-3-7-13-8-10-4-1-2-5-11(10)9-13/h1-2,4-5,8-9H,3,6-7H2,(H,14,15). The van der Waals surface area contributed by atoms with Crippen LogP contribution in [0.2, 0.25) is 0 Å². The van der Waals surface area contributed by atoms with Gasteiger partial charge in [-0.05, 0) is 17.2 Å². The molecule has 1 aromatic heterocycles. The van der Waals surface area contributed by atoms with E-state index in [1.807, 2.05) is 16.7 Å². The van der Waals surface area contributed by atoms with E-state index in [0.29, 0.717) is 6.42 Å². The Balaban J connectivity index is 2.05. The minimum Gasteiger partial charge on any atom is -0.481 e. The number of rotatable bonds is 4. The minimum atomic E-state index is -0.730. The monoisotopic (exact) mass is 203 g/mol. The maximum absolute atomic E-state index is 10.4. The highest BCUT2D eigenvalue weighted by Crippen LogP contribution is 2.14. The molecule has 1 heterocycles. The highest BCUT2D eigenvalue weighted by Gasteiger charge is 1.99. The number of aromatic nitrogens is 1. The SMILES string of the molecule is O=C(O)CCCn1cc2ccccc2c1. The van der Waals surface area contributed by atoms with Crippen LogP contribution in [-0.4, -0.2) is 15.6 Å². The summed E-state index contributed by atoms with van der Waals surface area (Å²) in [5.41, 5.74) is 0. The molecule has 0 atom stereocenters. The van der Waals surface area contributed by atoms with E-state index in [9.17, 15) is 4.79 Å². The first-order valence-corrected chi connectivity index (χ1v) is 5.02. The number of aliphatic carboxylic acids is 1. The number of nitrogens with zero attached hydrogens (tertiary/aromatic N) is 1. The van der Waals surface area contributed by atoms with E-state index in [0.717, 1.165) is 6.54 Å². The Morgan fingerprint density at radius 1 is 1.20 bits per heavy atom. The smallest absolute Gasteiger partial charge is 0.303 e. The van der Waals surface area contributed by atoms with Crippen molar-refractivity contribution in [1.29, 1.82) is 0 Å². The third-order valence-corrected chi connectivity index (χ3v) is 2.41. The molecule has 2 rings (SSSR count). The van der Waals surface area contributed by atoms with Gasteiger partial charge in [0.05, 0.1) is 0 Å². The fourth-order valence-electron chi connectivity index (χ4n) is 1.68. The first kappa shape index (κ1) is 9.77. The summed E-state index contributed by atoms with van der Waals surface area (Å²) in [5.74, 6) is -0.730. The van der Waals surface area contributed by atoms with Gasteiger partial charge >= 0.3 is 5.97 Å². The zero-order valence-electron chi connectivity index (χ0n) is 8.39. The largest absolute Gasteiger partial charge is 0.481 e. The highest BCUT2D eigenvalue weighted by molar-refractivity contribution is 5.82. The summed E-state index contributed by atoms with van der Waals surface area (Å²) >= 11 is 0. The van der Waals surface area contributed by atoms with E-state index in [1.165, 1.54) is 10.8 Å². The molecule has 0 aliphatic carbocycles. The number of hydrogen-bond donors (Lipinski definition) is 1. The average molecular weight is 203 g/mol. The third kappa shape index (κ3) is 2.37. The third-order valence-electron chi connectivity index (χ3n) is 2.41. The molecule has 1 N–H and O–H groups in total. The van der Waals surface area contributed by atoms with E-state index in [-0.39, 0.29) is 6.42 Å². The number of carboxylic acids is 1. The lowest BCUT2D eigenvalue weighted by Crippen LogP contribution is -1.99. The molecule has 78 valence electrons. The maximum Gasteiger partial charge on any atom is 0.303 e. The van der Waals surface area contributed by atoms with Gasteiger partial charge in [-0.25, -0.2) is 0 Å². The van der Waals surface area contributed by atoms with Crippen LogP contribution in [0.1, 0.15) is 12.8 Å². The second-order valence-corrected chi connectivity index (χ2v) is 3.62. The Kier molecular flexibility index (Phi) is 2.72. The van der Waals surface area contributed by atoms with E-state index in [4.69, 9.17) is 5.11 Å². The summed E-state index contributed by atoms with van der Waals surface area (Å²) in [5, 5.41) is 10.9. The number of carbonyl (C=O) groups is 1. The fourth-order valence-corrected chi connectivity index (χ4v) is 1.68. The summed E-state index contributed by atoms with van der Waals surface area (Å²) in [4.78, 5) is 10.4. The second-order valence-electron chi connectivity index (χ2n) is 3.62. The lowest BCUT2D eigenvalue weighted by Gasteiger charge is -1.99. The number of benzene rings is 1. The zero-order chi connectivity index (χ0) is 10.7. The summed E-state index contributed by atoms with van der Waals surface area (Å²) < 4.78 is 2.05. The van der Waals surface area contributed by atoms with Crippen LogP contribution in [0.4, 0.5) is 0 Å². The minimum absolute atomic E-state index is 0.231. The van der Waals surface area contributed by atoms with Gasteiger partial charge < -0.3 is 9.67 Å². The van der Waals surface area contributed by atoms with Gasteiger partial charge in [0, 0.05) is 25.4 Å². The lowest BCUT2D eigenvalue weighted by atomic mass is 10.2. The average Bonchev–Trinajstić information content (AvgIpc) is 2.59. The van der Waals surface area contributed by atoms with Crippen molar-refractivity contribution in [3.8, 4) is 0 Å². The van der Waals surface area contributed by atoms with Crippen molar-refractivity contribution >= 4 is 16.7 Å². The van der Waals surface area contributed by atoms with Crippen molar-refractivity contribution in [1.82, 2.24) is 4.57 Å². The van der Waals surface area contributed by atoms with E-state index in [1.54, 1.807) is 0 Å². The van der Waals surface area contributed by atoms with Gasteiger partial charge in [-0.3, -0.25) is 4.79 Å². The summed E-state index contributed by atoms with van der Waals surface area (Å²) in [6.45, 7) is 0.765. The first-order chi connectivity index (χ1) is 7.25. The molecule has 0 spiro atoms. The molecule has 0 radical (unpaired) electrons. The Morgan fingerprint density at radius 2 is 1.80 bits per heavy atom. The van der Waals surface area contributed by atoms with E-state index in [2.05, 4.69) is 24.5 Å². The molecule has 0 amide bonds. The molecule has 0 unspecified atom stereocenters. The van der Waals surface area contributed by atoms with Crippen molar-refractivity contribution in [3.63, 3.8) is 0 Å². The predicted molar refractivity (Wildman–Crippen MR) is 58.8 cm³/mol.